The van der Waals surface area contributed by atoms with Gasteiger partial charge in [0.1, 0.15) is 16.6 Å². The Morgan fingerprint density at radius 2 is 1.73 bits per heavy atom. The van der Waals surface area contributed by atoms with Crippen LogP contribution in [0.2, 0.25) is 0 Å². The number of carbonyl (C=O) groups is 2. The number of hydrogen-bond donors (Lipinski definition) is 0. The number of hydrogen-bond acceptors (Lipinski definition) is 5. The molecule has 22 heavy (non-hydrogen) atoms. The van der Waals surface area contributed by atoms with Gasteiger partial charge in [0, 0.05) is 6.42 Å². The van der Waals surface area contributed by atoms with Crippen LogP contribution in [0.1, 0.15) is 39.5 Å². The molecule has 0 aliphatic rings. The summed E-state index contributed by atoms with van der Waals surface area (Å²) in [5.74, 6) is -2.39. The molecular formula is C15H21NaO5S. The number of unbranched alkanes of at least 4 members (excludes halogenated alkanes) is 2. The Balaban J connectivity index is 0.00000441. The monoisotopic (exact) mass is 336 g/mol. The molecule has 118 valence electrons. The van der Waals surface area contributed by atoms with Crippen molar-refractivity contribution in [3.05, 3.63) is 30.3 Å². The Hall–Kier alpha value is -0.690. The van der Waals surface area contributed by atoms with E-state index in [2.05, 4.69) is 4.18 Å². The van der Waals surface area contributed by atoms with Gasteiger partial charge in [-0.1, -0.05) is 38.0 Å². The number of Topliss-reactive ketones (excluding diaryl/α,β-unsaturated/α-hetero) is 1. The summed E-state index contributed by atoms with van der Waals surface area (Å²) < 4.78 is 28.3. The first-order valence-corrected chi connectivity index (χ1v) is 8.35. The van der Waals surface area contributed by atoms with Crippen molar-refractivity contribution in [1.29, 1.82) is 0 Å². The van der Waals surface area contributed by atoms with E-state index in [1.54, 1.807) is 6.07 Å². The molecular weight excluding hydrogens is 315 g/mol. The van der Waals surface area contributed by atoms with Gasteiger partial charge in [0.15, 0.2) is 0 Å². The molecule has 0 amide bonds. The van der Waals surface area contributed by atoms with E-state index in [4.69, 9.17) is 0 Å². The number of carbonyl (C=O) groups excluding carboxylic acids is 2. The first kappa shape index (κ1) is 21.3. The minimum atomic E-state index is -4.16. The molecule has 0 saturated heterocycles. The molecule has 1 unspecified atom stereocenters. The van der Waals surface area contributed by atoms with E-state index in [0.29, 0.717) is 6.42 Å². The Morgan fingerprint density at radius 3 is 2.27 bits per heavy atom. The molecule has 7 heteroatoms. The van der Waals surface area contributed by atoms with E-state index in [0.717, 1.165) is 12.8 Å². The van der Waals surface area contributed by atoms with Crippen LogP contribution in [0.3, 0.4) is 0 Å². The molecule has 0 N–H and O–H groups in total. The van der Waals surface area contributed by atoms with Gasteiger partial charge in [-0.25, -0.2) is 0 Å². The van der Waals surface area contributed by atoms with Gasteiger partial charge >= 0.3 is 45.6 Å². The van der Waals surface area contributed by atoms with Crippen LogP contribution in [0.25, 0.3) is 0 Å². The minimum absolute atomic E-state index is 0. The summed E-state index contributed by atoms with van der Waals surface area (Å²) in [5.41, 5.74) is 0. The average molecular weight is 336 g/mol. The summed E-state index contributed by atoms with van der Waals surface area (Å²) in [4.78, 5) is 23.5. The normalized spacial score (nSPS) is 12.1. The molecule has 0 aliphatic heterocycles. The Kier molecular flexibility index (Phi) is 9.84. The zero-order valence-electron chi connectivity index (χ0n) is 12.2. The molecule has 1 aromatic rings. The number of rotatable bonds is 8. The van der Waals surface area contributed by atoms with E-state index in [1.807, 2.05) is 6.92 Å². The van der Waals surface area contributed by atoms with E-state index >= 15 is 0 Å². The quantitative estimate of drug-likeness (QED) is 0.314. The van der Waals surface area contributed by atoms with Crippen LogP contribution in [0.5, 0.6) is 0 Å². The van der Waals surface area contributed by atoms with E-state index in [9.17, 15) is 18.0 Å². The first-order chi connectivity index (χ1) is 9.88. The maximum atomic E-state index is 11.9. The molecule has 0 radical (unpaired) electrons. The van der Waals surface area contributed by atoms with Crippen LogP contribution in [0, 0.1) is 5.92 Å². The molecule has 0 saturated carbocycles. The average Bonchev–Trinajstić information content (AvgIpc) is 2.47. The third kappa shape index (κ3) is 6.60. The standard InChI is InChI=1S/C15H20O5S.Na.H/c1-3-4-6-11-14(16)12(2)15(17)20-21(18,19)13-9-7-5-8-10-13;;/h5,7-10,12H,3-4,6,11H2,1-2H3;;. The van der Waals surface area contributed by atoms with Crippen molar-refractivity contribution in [1.82, 2.24) is 0 Å². The summed E-state index contributed by atoms with van der Waals surface area (Å²) in [7, 11) is -4.16. The van der Waals surface area contributed by atoms with Crippen molar-refractivity contribution in [3.8, 4) is 0 Å². The third-order valence-electron chi connectivity index (χ3n) is 3.09. The molecule has 1 rings (SSSR count). The molecule has 0 heterocycles. The number of ketones is 1. The fourth-order valence-electron chi connectivity index (χ4n) is 1.71. The van der Waals surface area contributed by atoms with Crippen molar-refractivity contribution < 1.29 is 22.2 Å². The van der Waals surface area contributed by atoms with Crippen molar-refractivity contribution in [2.45, 2.75) is 44.4 Å². The second-order valence-electron chi connectivity index (χ2n) is 4.81. The second-order valence-corrected chi connectivity index (χ2v) is 6.36. The predicted octanol–water partition coefficient (Wildman–Crippen LogP) is 2.06. The molecule has 5 nitrogen and oxygen atoms in total. The van der Waals surface area contributed by atoms with Crippen molar-refractivity contribution >= 4 is 51.4 Å². The summed E-state index contributed by atoms with van der Waals surface area (Å²) >= 11 is 0. The molecule has 0 aromatic heterocycles. The van der Waals surface area contributed by atoms with Gasteiger partial charge in [-0.3, -0.25) is 9.59 Å². The molecule has 0 spiro atoms. The molecule has 0 aliphatic carbocycles. The maximum absolute atomic E-state index is 11.9. The van der Waals surface area contributed by atoms with E-state index in [1.165, 1.54) is 31.2 Å². The summed E-state index contributed by atoms with van der Waals surface area (Å²) in [5, 5.41) is 0. The fourth-order valence-corrected chi connectivity index (χ4v) is 2.66. The second kappa shape index (κ2) is 10.2. The SMILES string of the molecule is CCCCCC(=O)C(C)C(=O)OS(=O)(=O)c1ccccc1.[NaH]. The summed E-state index contributed by atoms with van der Waals surface area (Å²) in [6.45, 7) is 3.38. The predicted molar refractivity (Wildman–Crippen MR) is 85.2 cm³/mol. The van der Waals surface area contributed by atoms with Crippen molar-refractivity contribution in [2.75, 3.05) is 0 Å². The van der Waals surface area contributed by atoms with E-state index < -0.39 is 22.0 Å². The van der Waals surface area contributed by atoms with Crippen LogP contribution in [0.4, 0.5) is 0 Å². The third-order valence-corrected chi connectivity index (χ3v) is 4.32. The van der Waals surface area contributed by atoms with Gasteiger partial charge in [0.2, 0.25) is 0 Å². The van der Waals surface area contributed by atoms with Crippen LogP contribution in [0.15, 0.2) is 35.2 Å². The van der Waals surface area contributed by atoms with E-state index in [-0.39, 0.29) is 46.7 Å². The fraction of sp³-hybridized carbons (Fsp3) is 0.467. The van der Waals surface area contributed by atoms with Gasteiger partial charge in [-0.05, 0) is 25.5 Å². The van der Waals surface area contributed by atoms with Crippen molar-refractivity contribution in [3.63, 3.8) is 0 Å². The Bertz CT molecular complexity index is 583. The summed E-state index contributed by atoms with van der Waals surface area (Å²) in [6.07, 6.45) is 2.82. The summed E-state index contributed by atoms with van der Waals surface area (Å²) in [6, 6.07) is 7.37. The molecule has 1 aromatic carbocycles. The van der Waals surface area contributed by atoms with Gasteiger partial charge < -0.3 is 4.18 Å². The van der Waals surface area contributed by atoms with Crippen LogP contribution in [-0.2, 0) is 23.9 Å². The van der Waals surface area contributed by atoms with Gasteiger partial charge in [-0.2, -0.15) is 8.42 Å². The Labute approximate surface area is 153 Å². The van der Waals surface area contributed by atoms with Gasteiger partial charge in [-0.15, -0.1) is 0 Å². The zero-order valence-corrected chi connectivity index (χ0v) is 13.1. The number of benzene rings is 1. The van der Waals surface area contributed by atoms with Crippen molar-refractivity contribution in [2.24, 2.45) is 5.92 Å². The topological polar surface area (TPSA) is 77.5 Å². The molecule has 1 atom stereocenters. The van der Waals surface area contributed by atoms with Crippen LogP contribution in [-0.4, -0.2) is 49.7 Å². The van der Waals surface area contributed by atoms with Gasteiger partial charge in [0.05, 0.1) is 0 Å². The zero-order chi connectivity index (χ0) is 15.9. The van der Waals surface area contributed by atoms with Gasteiger partial charge in [0.25, 0.3) is 0 Å². The molecule has 0 fully saturated rings. The molecule has 0 bridgehead atoms. The first-order valence-electron chi connectivity index (χ1n) is 6.94. The van der Waals surface area contributed by atoms with Crippen LogP contribution >= 0.6 is 0 Å². The Morgan fingerprint density at radius 1 is 1.14 bits per heavy atom. The van der Waals surface area contributed by atoms with Crippen LogP contribution < -0.4 is 0 Å².